The van der Waals surface area contributed by atoms with E-state index in [0.29, 0.717) is 23.2 Å². The second kappa shape index (κ2) is 5.45. The van der Waals surface area contributed by atoms with Gasteiger partial charge in [-0.15, -0.1) is 0 Å². The van der Waals surface area contributed by atoms with E-state index >= 15 is 0 Å². The summed E-state index contributed by atoms with van der Waals surface area (Å²) in [7, 11) is 0. The maximum absolute atomic E-state index is 5.97. The van der Waals surface area contributed by atoms with Crippen LogP contribution in [0.3, 0.4) is 0 Å². The molecule has 3 rings (SSSR count). The molecule has 5 heteroatoms. The van der Waals surface area contributed by atoms with Gasteiger partial charge in [-0.05, 0) is 23.8 Å². The van der Waals surface area contributed by atoms with Gasteiger partial charge in [0.05, 0.1) is 10.5 Å². The number of aromatic nitrogens is 2. The summed E-state index contributed by atoms with van der Waals surface area (Å²) in [6.45, 7) is 0.344. The molecule has 0 saturated carbocycles. The van der Waals surface area contributed by atoms with Gasteiger partial charge in [0.15, 0.2) is 0 Å². The van der Waals surface area contributed by atoms with Gasteiger partial charge in [-0.3, -0.25) is 4.98 Å². The third kappa shape index (κ3) is 2.57. The maximum Gasteiger partial charge on any atom is 0.219 e. The molecule has 0 amide bonds. The Labute approximate surface area is 121 Å². The van der Waals surface area contributed by atoms with Crippen LogP contribution < -0.4 is 10.5 Å². The second-order valence-corrected chi connectivity index (χ2v) is 4.69. The first-order chi connectivity index (χ1) is 9.76. The van der Waals surface area contributed by atoms with Gasteiger partial charge in [0.1, 0.15) is 5.75 Å². The zero-order valence-electron chi connectivity index (χ0n) is 10.6. The lowest BCUT2D eigenvalue weighted by molar-refractivity contribution is 0.463. The van der Waals surface area contributed by atoms with Gasteiger partial charge in [0.2, 0.25) is 5.88 Å². The lowest BCUT2D eigenvalue weighted by atomic mass is 10.2. The van der Waals surface area contributed by atoms with Crippen LogP contribution >= 0.6 is 11.6 Å². The molecule has 1 aromatic carbocycles. The molecule has 2 aromatic heterocycles. The van der Waals surface area contributed by atoms with Crippen LogP contribution in [-0.4, -0.2) is 9.97 Å². The van der Waals surface area contributed by atoms with E-state index in [1.807, 2.05) is 30.3 Å². The van der Waals surface area contributed by atoms with Crippen molar-refractivity contribution in [2.24, 2.45) is 5.73 Å². The van der Waals surface area contributed by atoms with Crippen LogP contribution in [0.1, 0.15) is 5.56 Å². The number of hydrogen-bond donors (Lipinski definition) is 1. The zero-order chi connectivity index (χ0) is 13.9. The fraction of sp³-hybridized carbons (Fsp3) is 0.0667. The molecule has 0 saturated heterocycles. The van der Waals surface area contributed by atoms with E-state index in [9.17, 15) is 0 Å². The highest BCUT2D eigenvalue weighted by Crippen LogP contribution is 2.25. The summed E-state index contributed by atoms with van der Waals surface area (Å²) >= 11 is 5.97. The largest absolute Gasteiger partial charge is 0.439 e. The Hall–Kier alpha value is -2.17. The molecule has 4 nitrogen and oxygen atoms in total. The highest BCUT2D eigenvalue weighted by Gasteiger charge is 2.05. The summed E-state index contributed by atoms with van der Waals surface area (Å²) in [4.78, 5) is 8.42. The first-order valence-electron chi connectivity index (χ1n) is 6.13. The van der Waals surface area contributed by atoms with Crippen molar-refractivity contribution in [2.45, 2.75) is 6.54 Å². The highest BCUT2D eigenvalue weighted by atomic mass is 35.5. The molecule has 100 valence electrons. The summed E-state index contributed by atoms with van der Waals surface area (Å²) in [5.74, 6) is 1.14. The van der Waals surface area contributed by atoms with Gasteiger partial charge in [0, 0.05) is 36.5 Å². The Morgan fingerprint density at radius 2 is 2.05 bits per heavy atom. The van der Waals surface area contributed by atoms with Crippen molar-refractivity contribution in [1.82, 2.24) is 9.97 Å². The summed E-state index contributed by atoms with van der Waals surface area (Å²) in [6, 6.07) is 11.3. The van der Waals surface area contributed by atoms with Gasteiger partial charge in [-0.1, -0.05) is 17.7 Å². The smallest absolute Gasteiger partial charge is 0.219 e. The summed E-state index contributed by atoms with van der Waals surface area (Å²) in [5, 5.41) is 1.60. The maximum atomic E-state index is 5.97. The Kier molecular flexibility index (Phi) is 3.50. The lowest BCUT2D eigenvalue weighted by Gasteiger charge is -2.07. The lowest BCUT2D eigenvalue weighted by Crippen LogP contribution is -1.99. The van der Waals surface area contributed by atoms with E-state index in [2.05, 4.69) is 9.97 Å². The fourth-order valence-electron chi connectivity index (χ4n) is 1.90. The topological polar surface area (TPSA) is 61.0 Å². The van der Waals surface area contributed by atoms with Crippen molar-refractivity contribution in [3.8, 4) is 11.6 Å². The van der Waals surface area contributed by atoms with Crippen molar-refractivity contribution in [3.63, 3.8) is 0 Å². The molecule has 3 aromatic rings. The van der Waals surface area contributed by atoms with Crippen molar-refractivity contribution < 1.29 is 4.74 Å². The van der Waals surface area contributed by atoms with Crippen molar-refractivity contribution in [1.29, 1.82) is 0 Å². The molecular formula is C15H12ClN3O. The number of rotatable bonds is 3. The van der Waals surface area contributed by atoms with Gasteiger partial charge < -0.3 is 10.5 Å². The van der Waals surface area contributed by atoms with Crippen LogP contribution in [0.5, 0.6) is 11.6 Å². The predicted octanol–water partition coefficient (Wildman–Crippen LogP) is 3.53. The monoisotopic (exact) mass is 285 g/mol. The highest BCUT2D eigenvalue weighted by molar-refractivity contribution is 6.31. The van der Waals surface area contributed by atoms with Crippen molar-refractivity contribution in [2.75, 3.05) is 0 Å². The van der Waals surface area contributed by atoms with Gasteiger partial charge >= 0.3 is 0 Å². The van der Waals surface area contributed by atoms with Crippen molar-refractivity contribution in [3.05, 3.63) is 59.4 Å². The number of fused-ring (bicyclic) bond motifs is 1. The summed E-state index contributed by atoms with van der Waals surface area (Å²) in [5.41, 5.74) is 7.28. The van der Waals surface area contributed by atoms with E-state index in [4.69, 9.17) is 22.1 Å². The number of benzene rings is 1. The molecule has 0 fully saturated rings. The minimum Gasteiger partial charge on any atom is -0.439 e. The van der Waals surface area contributed by atoms with Crippen LogP contribution in [0, 0.1) is 0 Å². The molecule has 0 atom stereocenters. The Morgan fingerprint density at radius 3 is 2.90 bits per heavy atom. The van der Waals surface area contributed by atoms with Crippen LogP contribution in [0.25, 0.3) is 10.9 Å². The minimum absolute atomic E-state index is 0.344. The van der Waals surface area contributed by atoms with Crippen molar-refractivity contribution >= 4 is 22.5 Å². The minimum atomic E-state index is 0.344. The first kappa shape index (κ1) is 12.8. The van der Waals surface area contributed by atoms with E-state index in [-0.39, 0.29) is 0 Å². The third-order valence-corrected chi connectivity index (χ3v) is 3.27. The van der Waals surface area contributed by atoms with Gasteiger partial charge in [-0.25, -0.2) is 4.98 Å². The Balaban J connectivity index is 1.92. The molecule has 0 bridgehead atoms. The molecule has 2 N–H and O–H groups in total. The fourth-order valence-corrected chi connectivity index (χ4v) is 2.08. The number of pyridine rings is 2. The average molecular weight is 286 g/mol. The molecular weight excluding hydrogens is 274 g/mol. The molecule has 0 aliphatic carbocycles. The number of ether oxygens (including phenoxy) is 1. The van der Waals surface area contributed by atoms with E-state index in [1.54, 1.807) is 18.5 Å². The van der Waals surface area contributed by atoms with Crippen LogP contribution in [0.2, 0.25) is 5.02 Å². The zero-order valence-corrected chi connectivity index (χ0v) is 11.3. The molecule has 2 heterocycles. The molecule has 0 aliphatic heterocycles. The predicted molar refractivity (Wildman–Crippen MR) is 79.0 cm³/mol. The molecule has 0 radical (unpaired) electrons. The van der Waals surface area contributed by atoms with Crippen LogP contribution in [-0.2, 0) is 6.54 Å². The van der Waals surface area contributed by atoms with E-state index < -0.39 is 0 Å². The SMILES string of the molecule is NCc1cc(Oc2ccc3cccnc3c2)ncc1Cl. The van der Waals surface area contributed by atoms with Gasteiger partial charge in [0.25, 0.3) is 0 Å². The Morgan fingerprint density at radius 1 is 1.15 bits per heavy atom. The average Bonchev–Trinajstić information content (AvgIpc) is 2.49. The molecule has 0 spiro atoms. The summed E-state index contributed by atoms with van der Waals surface area (Å²) < 4.78 is 5.72. The standard InChI is InChI=1S/C15H12ClN3O/c16-13-9-19-15(6-11(13)8-17)20-12-4-3-10-2-1-5-18-14(10)7-12/h1-7,9H,8,17H2. The quantitative estimate of drug-likeness (QED) is 0.799. The van der Waals surface area contributed by atoms with E-state index in [1.165, 1.54) is 0 Å². The molecule has 20 heavy (non-hydrogen) atoms. The van der Waals surface area contributed by atoms with E-state index in [0.717, 1.165) is 16.5 Å². The Bertz CT molecular complexity index is 761. The number of nitrogens with two attached hydrogens (primary N) is 1. The van der Waals surface area contributed by atoms with Gasteiger partial charge in [-0.2, -0.15) is 0 Å². The number of nitrogens with zero attached hydrogens (tertiary/aromatic N) is 2. The summed E-state index contributed by atoms with van der Waals surface area (Å²) in [6.07, 6.45) is 3.29. The second-order valence-electron chi connectivity index (χ2n) is 4.28. The normalized spacial score (nSPS) is 10.7. The molecule has 0 aliphatic rings. The number of halogens is 1. The van der Waals surface area contributed by atoms with Crippen LogP contribution in [0.4, 0.5) is 0 Å². The third-order valence-electron chi connectivity index (χ3n) is 2.93. The first-order valence-corrected chi connectivity index (χ1v) is 6.51. The molecule has 0 unspecified atom stereocenters. The number of hydrogen-bond acceptors (Lipinski definition) is 4. The van der Waals surface area contributed by atoms with Crippen LogP contribution in [0.15, 0.2) is 48.8 Å².